The summed E-state index contributed by atoms with van der Waals surface area (Å²) in [5.41, 5.74) is 2.08. The zero-order valence-corrected chi connectivity index (χ0v) is 18.7. The van der Waals surface area contributed by atoms with Gasteiger partial charge in [-0.1, -0.05) is 24.3 Å². The maximum atomic E-state index is 13.5. The molecule has 1 aromatic heterocycles. The summed E-state index contributed by atoms with van der Waals surface area (Å²) >= 11 is 0. The molecule has 1 unspecified atom stereocenters. The van der Waals surface area contributed by atoms with Gasteiger partial charge in [-0.3, -0.25) is 14.9 Å². The van der Waals surface area contributed by atoms with Crippen LogP contribution in [0.5, 0.6) is 5.75 Å². The lowest BCUT2D eigenvalue weighted by Crippen LogP contribution is -2.52. The fraction of sp³-hybridized carbons (Fsp3) is 0.160. The van der Waals surface area contributed by atoms with Crippen molar-refractivity contribution in [3.8, 4) is 5.75 Å². The fourth-order valence-electron chi connectivity index (χ4n) is 4.63. The van der Waals surface area contributed by atoms with Crippen molar-refractivity contribution in [1.82, 2.24) is 25.8 Å². The Balaban J connectivity index is 1.23. The van der Waals surface area contributed by atoms with E-state index in [-0.39, 0.29) is 25.6 Å². The van der Waals surface area contributed by atoms with Crippen molar-refractivity contribution in [2.45, 2.75) is 18.7 Å². The molecule has 2 N–H and O–H groups in total. The van der Waals surface area contributed by atoms with Crippen LogP contribution in [0.2, 0.25) is 0 Å². The lowest BCUT2D eigenvalue weighted by atomic mass is 9.89. The highest BCUT2D eigenvalue weighted by Gasteiger charge is 2.50. The number of halogens is 1. The molecule has 2 aliphatic rings. The highest BCUT2D eigenvalue weighted by Crippen LogP contribution is 2.33. The van der Waals surface area contributed by atoms with Crippen molar-refractivity contribution in [3.63, 3.8) is 0 Å². The molecule has 1 atom stereocenters. The van der Waals surface area contributed by atoms with E-state index in [0.717, 1.165) is 11.1 Å². The van der Waals surface area contributed by atoms with E-state index in [4.69, 9.17) is 9.37 Å². The minimum atomic E-state index is -1.54. The molecule has 1 saturated heterocycles. The number of carbonyl (C=O) groups excluding carboxylic acids is 3. The maximum Gasteiger partial charge on any atom is 0.322 e. The maximum absolute atomic E-state index is 13.5. The molecule has 180 valence electrons. The Morgan fingerprint density at radius 3 is 2.67 bits per heavy atom. The third-order valence-corrected chi connectivity index (χ3v) is 6.43. The van der Waals surface area contributed by atoms with Gasteiger partial charge in [0.1, 0.15) is 29.2 Å². The largest absolute Gasteiger partial charge is 0.489 e. The van der Waals surface area contributed by atoms with Gasteiger partial charge in [-0.05, 0) is 57.8 Å². The molecular weight excluding hydrogens is 469 g/mol. The van der Waals surface area contributed by atoms with Crippen molar-refractivity contribution in [1.29, 1.82) is 0 Å². The zero-order chi connectivity index (χ0) is 24.9. The van der Waals surface area contributed by atoms with E-state index in [2.05, 4.69) is 20.9 Å². The quantitative estimate of drug-likeness (QED) is 0.400. The number of hydrogen-bond acceptors (Lipinski definition) is 7. The minimum Gasteiger partial charge on any atom is -0.489 e. The number of ether oxygens (including phenoxy) is 1. The standard InChI is InChI=1S/C25H18FN5O5/c26-17-6-4-16(5-7-17)25(23(33)27-24(34)28-25)13-31-11-15-10-18(8-9-19(15)22(31)32)35-12-14-2-1-3-20-21(14)30-36-29-20/h1-10H,11-13H2,(H2,27,28,33,34). The Kier molecular flexibility index (Phi) is 4.92. The number of benzene rings is 3. The molecule has 0 aliphatic carbocycles. The Morgan fingerprint density at radius 1 is 1.06 bits per heavy atom. The topological polar surface area (TPSA) is 127 Å². The number of imide groups is 1. The average molecular weight is 487 g/mol. The van der Waals surface area contributed by atoms with Crippen LogP contribution in [-0.4, -0.2) is 39.6 Å². The second-order valence-corrected chi connectivity index (χ2v) is 8.64. The number of rotatable bonds is 6. The normalized spacial score (nSPS) is 18.9. The molecule has 3 heterocycles. The van der Waals surface area contributed by atoms with Crippen LogP contribution in [0.1, 0.15) is 27.0 Å². The number of amides is 4. The van der Waals surface area contributed by atoms with Crippen LogP contribution >= 0.6 is 0 Å². The minimum absolute atomic E-state index is 0.124. The van der Waals surface area contributed by atoms with Crippen molar-refractivity contribution in [2.24, 2.45) is 0 Å². The van der Waals surface area contributed by atoms with Crippen LogP contribution in [0.3, 0.4) is 0 Å². The summed E-state index contributed by atoms with van der Waals surface area (Å²) in [6.45, 7) is 0.309. The Labute approximate surface area is 203 Å². The van der Waals surface area contributed by atoms with Gasteiger partial charge in [0.2, 0.25) is 0 Å². The first-order valence-corrected chi connectivity index (χ1v) is 11.1. The lowest BCUT2D eigenvalue weighted by molar-refractivity contribution is -0.124. The number of urea groups is 1. The van der Waals surface area contributed by atoms with Crippen molar-refractivity contribution >= 4 is 28.9 Å². The lowest BCUT2D eigenvalue weighted by Gasteiger charge is -2.31. The van der Waals surface area contributed by atoms with Crippen LogP contribution < -0.4 is 15.4 Å². The molecular formula is C25H18FN5O5. The van der Waals surface area contributed by atoms with Crippen LogP contribution in [0.15, 0.2) is 65.3 Å². The highest BCUT2D eigenvalue weighted by atomic mass is 19.1. The summed E-state index contributed by atoms with van der Waals surface area (Å²) in [5.74, 6) is -0.822. The molecule has 2 aliphatic heterocycles. The molecule has 11 heteroatoms. The molecule has 10 nitrogen and oxygen atoms in total. The molecule has 0 radical (unpaired) electrons. The molecule has 1 fully saturated rings. The van der Waals surface area contributed by atoms with E-state index in [1.165, 1.54) is 29.2 Å². The summed E-state index contributed by atoms with van der Waals surface area (Å²) in [6, 6.07) is 15.2. The predicted molar refractivity (Wildman–Crippen MR) is 122 cm³/mol. The van der Waals surface area contributed by atoms with Crippen LogP contribution in [0.4, 0.5) is 9.18 Å². The molecule has 6 rings (SSSR count). The molecule has 0 bridgehead atoms. The first-order chi connectivity index (χ1) is 17.4. The molecule has 0 spiro atoms. The summed E-state index contributed by atoms with van der Waals surface area (Å²) in [4.78, 5) is 39.5. The SMILES string of the molecule is O=C1NC(=O)C(CN2Cc3cc(OCc4cccc5nonc45)ccc3C2=O)(c2ccc(F)cc2)N1. The van der Waals surface area contributed by atoms with E-state index in [1.807, 2.05) is 12.1 Å². The number of hydrogen-bond donors (Lipinski definition) is 2. The second kappa shape index (κ2) is 8.15. The average Bonchev–Trinajstić information content (AvgIpc) is 3.55. The third-order valence-electron chi connectivity index (χ3n) is 6.43. The highest BCUT2D eigenvalue weighted by molar-refractivity contribution is 6.08. The Morgan fingerprint density at radius 2 is 1.89 bits per heavy atom. The fourth-order valence-corrected chi connectivity index (χ4v) is 4.63. The predicted octanol–water partition coefficient (Wildman–Crippen LogP) is 2.63. The Bertz CT molecular complexity index is 1540. The van der Waals surface area contributed by atoms with Gasteiger partial charge in [0.25, 0.3) is 11.8 Å². The van der Waals surface area contributed by atoms with E-state index in [0.29, 0.717) is 27.9 Å². The molecule has 3 aromatic carbocycles. The van der Waals surface area contributed by atoms with Crippen molar-refractivity contribution < 1.29 is 28.1 Å². The monoisotopic (exact) mass is 487 g/mol. The summed E-state index contributed by atoms with van der Waals surface area (Å²) < 4.78 is 24.2. The van der Waals surface area contributed by atoms with Crippen LogP contribution in [-0.2, 0) is 23.5 Å². The Hall–Kier alpha value is -4.80. The van der Waals surface area contributed by atoms with Gasteiger partial charge < -0.3 is 15.0 Å². The van der Waals surface area contributed by atoms with Crippen molar-refractivity contribution in [2.75, 3.05) is 6.54 Å². The second-order valence-electron chi connectivity index (χ2n) is 8.64. The van der Waals surface area contributed by atoms with Gasteiger partial charge in [-0.2, -0.15) is 0 Å². The van der Waals surface area contributed by atoms with Gasteiger partial charge >= 0.3 is 6.03 Å². The number of nitrogens with zero attached hydrogens (tertiary/aromatic N) is 3. The number of carbonyl (C=O) groups is 3. The molecule has 4 amide bonds. The van der Waals surface area contributed by atoms with E-state index in [1.54, 1.807) is 24.3 Å². The first kappa shape index (κ1) is 21.7. The number of fused-ring (bicyclic) bond motifs is 2. The van der Waals surface area contributed by atoms with Gasteiger partial charge in [0, 0.05) is 17.7 Å². The number of aromatic nitrogens is 2. The van der Waals surface area contributed by atoms with Crippen LogP contribution in [0.25, 0.3) is 11.0 Å². The summed E-state index contributed by atoms with van der Waals surface area (Å²) in [6.07, 6.45) is 0. The van der Waals surface area contributed by atoms with E-state index >= 15 is 0 Å². The molecule has 0 saturated carbocycles. The first-order valence-electron chi connectivity index (χ1n) is 11.1. The molecule has 36 heavy (non-hydrogen) atoms. The zero-order valence-electron chi connectivity index (χ0n) is 18.7. The smallest absolute Gasteiger partial charge is 0.322 e. The van der Waals surface area contributed by atoms with E-state index in [9.17, 15) is 18.8 Å². The third kappa shape index (κ3) is 3.52. The summed E-state index contributed by atoms with van der Waals surface area (Å²) in [5, 5.41) is 12.6. The summed E-state index contributed by atoms with van der Waals surface area (Å²) in [7, 11) is 0. The van der Waals surface area contributed by atoms with Gasteiger partial charge in [-0.15, -0.1) is 0 Å². The number of nitrogens with one attached hydrogen (secondary N) is 2. The van der Waals surface area contributed by atoms with E-state index < -0.39 is 23.3 Å². The molecule has 4 aromatic rings. The van der Waals surface area contributed by atoms with Gasteiger partial charge in [0.15, 0.2) is 5.54 Å². The van der Waals surface area contributed by atoms with Crippen LogP contribution in [0, 0.1) is 5.82 Å². The van der Waals surface area contributed by atoms with Gasteiger partial charge in [0.05, 0.1) is 6.54 Å². The van der Waals surface area contributed by atoms with Crippen molar-refractivity contribution in [3.05, 3.63) is 88.7 Å². The van der Waals surface area contributed by atoms with Gasteiger partial charge in [-0.25, -0.2) is 13.8 Å².